The number of aromatic nitrogens is 2. The van der Waals surface area contributed by atoms with Crippen LogP contribution in [-0.2, 0) is 17.6 Å². The lowest BCUT2D eigenvalue weighted by molar-refractivity contribution is -0.124. The standard InChI is InChI=1S/C21H22N4O2S2/c1-4-25(3)18(26)14-7-5-13(6-8-14)16-9-15-10-21(2,11-17(15)29-16)19(27)23-20-24-22-12-28-20/h5-9,12H,4,10-11H2,1-3H3,(H,23,24,27)/t21-/m1/s1. The van der Waals surface area contributed by atoms with Crippen LogP contribution in [-0.4, -0.2) is 40.5 Å². The highest BCUT2D eigenvalue weighted by Gasteiger charge is 2.41. The summed E-state index contributed by atoms with van der Waals surface area (Å²) in [6.07, 6.45) is 1.43. The van der Waals surface area contributed by atoms with Gasteiger partial charge in [0.2, 0.25) is 11.0 Å². The molecular formula is C21H22N4O2S2. The average molecular weight is 427 g/mol. The zero-order valence-corrected chi connectivity index (χ0v) is 18.2. The fraction of sp³-hybridized carbons (Fsp3) is 0.333. The lowest BCUT2D eigenvalue weighted by atomic mass is 9.86. The molecule has 29 heavy (non-hydrogen) atoms. The van der Waals surface area contributed by atoms with Crippen molar-refractivity contribution in [2.45, 2.75) is 26.7 Å². The number of anilines is 1. The summed E-state index contributed by atoms with van der Waals surface area (Å²) in [5, 5.41) is 11.1. The molecule has 2 amide bonds. The van der Waals surface area contributed by atoms with Gasteiger partial charge in [0.05, 0.1) is 5.41 Å². The number of benzene rings is 1. The third-order valence-corrected chi connectivity index (χ3v) is 7.23. The maximum atomic E-state index is 12.7. The zero-order valence-electron chi connectivity index (χ0n) is 16.6. The number of thiophene rings is 1. The summed E-state index contributed by atoms with van der Waals surface area (Å²) >= 11 is 3.05. The van der Waals surface area contributed by atoms with Crippen molar-refractivity contribution in [3.05, 3.63) is 51.8 Å². The fourth-order valence-corrected chi connectivity index (χ4v) is 5.34. The number of hydrogen-bond donors (Lipinski definition) is 1. The van der Waals surface area contributed by atoms with Crippen LogP contribution in [0.15, 0.2) is 35.8 Å². The number of amides is 2. The van der Waals surface area contributed by atoms with E-state index in [0.29, 0.717) is 23.7 Å². The first-order valence-corrected chi connectivity index (χ1v) is 11.1. The lowest BCUT2D eigenvalue weighted by Gasteiger charge is -2.21. The Morgan fingerprint density at radius 2 is 2.00 bits per heavy atom. The Morgan fingerprint density at radius 3 is 2.62 bits per heavy atom. The van der Waals surface area contributed by atoms with E-state index in [1.165, 1.54) is 26.7 Å². The van der Waals surface area contributed by atoms with Gasteiger partial charge in [0.1, 0.15) is 5.51 Å². The predicted molar refractivity (Wildman–Crippen MR) is 116 cm³/mol. The van der Waals surface area contributed by atoms with Crippen molar-refractivity contribution < 1.29 is 9.59 Å². The van der Waals surface area contributed by atoms with Gasteiger partial charge in [-0.05, 0) is 49.1 Å². The second-order valence-corrected chi connectivity index (χ2v) is 9.54. The molecule has 2 aromatic heterocycles. The van der Waals surface area contributed by atoms with Crippen LogP contribution in [0.25, 0.3) is 10.4 Å². The van der Waals surface area contributed by atoms with Gasteiger partial charge >= 0.3 is 0 Å². The van der Waals surface area contributed by atoms with Crippen LogP contribution < -0.4 is 5.32 Å². The molecule has 0 saturated heterocycles. The van der Waals surface area contributed by atoms with Crippen molar-refractivity contribution in [1.29, 1.82) is 0 Å². The maximum Gasteiger partial charge on any atom is 0.253 e. The lowest BCUT2D eigenvalue weighted by Crippen LogP contribution is -2.34. The van der Waals surface area contributed by atoms with Crippen LogP contribution in [0.2, 0.25) is 0 Å². The first-order chi connectivity index (χ1) is 13.9. The molecule has 1 aliphatic rings. The third-order valence-electron chi connectivity index (χ3n) is 5.39. The second kappa shape index (κ2) is 7.68. The number of hydrogen-bond acceptors (Lipinski definition) is 6. The van der Waals surface area contributed by atoms with E-state index in [4.69, 9.17) is 0 Å². The predicted octanol–water partition coefficient (Wildman–Crippen LogP) is 4.10. The number of carbonyl (C=O) groups is 2. The quantitative estimate of drug-likeness (QED) is 0.666. The molecule has 2 heterocycles. The van der Waals surface area contributed by atoms with Crippen LogP contribution in [0.4, 0.5) is 5.13 Å². The highest BCUT2D eigenvalue weighted by Crippen LogP contribution is 2.44. The van der Waals surface area contributed by atoms with Crippen molar-refractivity contribution >= 4 is 39.6 Å². The van der Waals surface area contributed by atoms with Crippen molar-refractivity contribution in [3.63, 3.8) is 0 Å². The molecule has 0 radical (unpaired) electrons. The maximum absolute atomic E-state index is 12.7. The molecule has 1 atom stereocenters. The molecule has 150 valence electrons. The van der Waals surface area contributed by atoms with Gasteiger partial charge in [-0.1, -0.05) is 30.4 Å². The van der Waals surface area contributed by atoms with Crippen molar-refractivity contribution in [3.8, 4) is 10.4 Å². The Hall–Kier alpha value is -2.58. The van der Waals surface area contributed by atoms with Gasteiger partial charge < -0.3 is 10.2 Å². The number of fused-ring (bicyclic) bond motifs is 1. The molecule has 3 aromatic rings. The minimum atomic E-state index is -0.466. The average Bonchev–Trinajstić information content (AvgIpc) is 3.43. The Labute approximate surface area is 177 Å². The van der Waals surface area contributed by atoms with Crippen LogP contribution in [0.3, 0.4) is 0 Å². The minimum absolute atomic E-state index is 0.0119. The van der Waals surface area contributed by atoms with Crippen LogP contribution in [0.5, 0.6) is 0 Å². The minimum Gasteiger partial charge on any atom is -0.342 e. The molecule has 0 fully saturated rings. The van der Waals surface area contributed by atoms with E-state index in [2.05, 4.69) is 21.6 Å². The largest absolute Gasteiger partial charge is 0.342 e. The normalized spacial score (nSPS) is 17.8. The number of rotatable bonds is 5. The highest BCUT2D eigenvalue weighted by atomic mass is 32.1. The molecular weight excluding hydrogens is 404 g/mol. The summed E-state index contributed by atoms with van der Waals surface area (Å²) in [6.45, 7) is 4.64. The molecule has 4 rings (SSSR count). The summed E-state index contributed by atoms with van der Waals surface area (Å²) in [5.74, 6) is 0.0204. The SMILES string of the molecule is CCN(C)C(=O)c1ccc(-c2cc3c(s2)C[C@](C)(C(=O)Nc2nncs2)C3)cc1. The van der Waals surface area contributed by atoms with E-state index in [1.54, 1.807) is 28.8 Å². The van der Waals surface area contributed by atoms with E-state index < -0.39 is 5.41 Å². The summed E-state index contributed by atoms with van der Waals surface area (Å²) in [7, 11) is 1.80. The van der Waals surface area contributed by atoms with Gasteiger partial charge in [-0.25, -0.2) is 0 Å². The van der Waals surface area contributed by atoms with Crippen LogP contribution in [0, 0.1) is 5.41 Å². The summed E-state index contributed by atoms with van der Waals surface area (Å²) in [4.78, 5) is 29.1. The summed E-state index contributed by atoms with van der Waals surface area (Å²) in [5.41, 5.74) is 4.16. The Kier molecular flexibility index (Phi) is 5.23. The molecule has 0 unspecified atom stereocenters. The molecule has 1 aliphatic carbocycles. The molecule has 0 saturated carbocycles. The highest BCUT2D eigenvalue weighted by molar-refractivity contribution is 7.15. The van der Waals surface area contributed by atoms with E-state index in [1.807, 2.05) is 38.1 Å². The van der Waals surface area contributed by atoms with E-state index >= 15 is 0 Å². The molecule has 0 bridgehead atoms. The van der Waals surface area contributed by atoms with E-state index in [0.717, 1.165) is 12.0 Å². The number of carbonyl (C=O) groups excluding carboxylic acids is 2. The molecule has 6 nitrogen and oxygen atoms in total. The summed E-state index contributed by atoms with van der Waals surface area (Å²) < 4.78 is 0. The van der Waals surface area contributed by atoms with Gasteiger partial charge in [0.15, 0.2) is 0 Å². The molecule has 8 heteroatoms. The topological polar surface area (TPSA) is 75.2 Å². The number of nitrogens with zero attached hydrogens (tertiary/aromatic N) is 3. The number of nitrogens with one attached hydrogen (secondary N) is 1. The Bertz CT molecular complexity index is 1020. The van der Waals surface area contributed by atoms with Gasteiger partial charge in [0, 0.05) is 28.9 Å². The smallest absolute Gasteiger partial charge is 0.253 e. The zero-order chi connectivity index (χ0) is 20.6. The van der Waals surface area contributed by atoms with E-state index in [-0.39, 0.29) is 11.8 Å². The van der Waals surface area contributed by atoms with Gasteiger partial charge in [-0.3, -0.25) is 9.59 Å². The first-order valence-electron chi connectivity index (χ1n) is 9.45. The van der Waals surface area contributed by atoms with Gasteiger partial charge in [0.25, 0.3) is 5.91 Å². The third kappa shape index (κ3) is 3.82. The van der Waals surface area contributed by atoms with Crippen LogP contribution in [0.1, 0.15) is 34.6 Å². The fourth-order valence-electron chi connectivity index (χ4n) is 3.52. The molecule has 0 aliphatic heterocycles. The van der Waals surface area contributed by atoms with Gasteiger partial charge in [-0.2, -0.15) is 0 Å². The van der Waals surface area contributed by atoms with E-state index in [9.17, 15) is 9.59 Å². The first kappa shape index (κ1) is 19.7. The Morgan fingerprint density at radius 1 is 1.24 bits per heavy atom. The van der Waals surface area contributed by atoms with Gasteiger partial charge in [-0.15, -0.1) is 21.5 Å². The van der Waals surface area contributed by atoms with Crippen LogP contribution >= 0.6 is 22.7 Å². The van der Waals surface area contributed by atoms with Crippen molar-refractivity contribution in [2.75, 3.05) is 18.9 Å². The molecule has 1 N–H and O–H groups in total. The van der Waals surface area contributed by atoms with Crippen molar-refractivity contribution in [2.24, 2.45) is 5.41 Å². The summed E-state index contributed by atoms with van der Waals surface area (Å²) in [6, 6.07) is 9.94. The molecule has 1 aromatic carbocycles. The van der Waals surface area contributed by atoms with Crippen molar-refractivity contribution in [1.82, 2.24) is 15.1 Å². The Balaban J connectivity index is 1.48. The second-order valence-electron chi connectivity index (χ2n) is 7.57. The monoisotopic (exact) mass is 426 g/mol. The molecule has 0 spiro atoms.